The Bertz CT molecular complexity index is 1340. The minimum absolute atomic E-state index is 0. The Kier molecular flexibility index (Phi) is 9.37. The van der Waals surface area contributed by atoms with Gasteiger partial charge in [0.05, 0.1) is 7.11 Å². The van der Waals surface area contributed by atoms with E-state index in [1.165, 1.54) is 29.2 Å². The van der Waals surface area contributed by atoms with Crippen LogP contribution in [0.25, 0.3) is 11.1 Å². The lowest BCUT2D eigenvalue weighted by Gasteiger charge is -2.25. The van der Waals surface area contributed by atoms with Crippen LogP contribution in [-0.2, 0) is 27.8 Å². The molecule has 1 aromatic carbocycles. The molecule has 0 fully saturated rings. The van der Waals surface area contributed by atoms with Gasteiger partial charge in [-0.3, -0.25) is 14.8 Å². The van der Waals surface area contributed by atoms with Crippen molar-refractivity contribution in [2.75, 3.05) is 13.4 Å². The van der Waals surface area contributed by atoms with Gasteiger partial charge in [-0.05, 0) is 48.7 Å². The number of hydrogen-bond donors (Lipinski definition) is 2. The van der Waals surface area contributed by atoms with Gasteiger partial charge in [-0.1, -0.05) is 19.6 Å². The first-order valence-corrected chi connectivity index (χ1v) is 12.5. The predicted octanol–water partition coefficient (Wildman–Crippen LogP) is 2.83. The number of pyridine rings is 2. The third-order valence-corrected chi connectivity index (χ3v) is 7.85. The Morgan fingerprint density at radius 2 is 1.83 bits per heavy atom. The fourth-order valence-corrected chi connectivity index (χ4v) is 4.16. The zero-order valence-corrected chi connectivity index (χ0v) is 20.4. The van der Waals surface area contributed by atoms with Gasteiger partial charge in [0.1, 0.15) is 12.4 Å². The number of benzene rings is 1. The van der Waals surface area contributed by atoms with Gasteiger partial charge in [0, 0.05) is 42.9 Å². The molecule has 0 bridgehead atoms. The first kappa shape index (κ1) is 28.5. The molecule has 1 amide bonds. The van der Waals surface area contributed by atoms with E-state index in [1.807, 2.05) is 18.2 Å². The number of aromatic nitrogens is 2. The van der Waals surface area contributed by atoms with Crippen LogP contribution in [0.4, 0.5) is 0 Å². The summed E-state index contributed by atoms with van der Waals surface area (Å²) in [4.78, 5) is 28.7. The molecular weight excluding hydrogens is 486 g/mol. The molecular formula is C25H31N3O7S. The second kappa shape index (κ2) is 11.8. The molecule has 0 spiro atoms. The van der Waals surface area contributed by atoms with Crippen molar-refractivity contribution < 1.29 is 27.9 Å². The standard InChI is InChI=1S/C24H27N3O7S.CH4/c1-24(23(29)26-30,35(3,31)32)11-13-27-12-10-19(14-22(27)28)18-5-7-20(8-6-18)34-16-17-4-9-21(33-2)25-15-17;/h4-10,12,14-15,30H,11,13,16H2,1-3H3,(H,26,29);1H4/t24-;/m1./s1. The monoisotopic (exact) mass is 517 g/mol. The number of rotatable bonds is 10. The van der Waals surface area contributed by atoms with Gasteiger partial charge in [0.2, 0.25) is 5.88 Å². The molecule has 0 aliphatic carbocycles. The highest BCUT2D eigenvalue weighted by Gasteiger charge is 2.43. The van der Waals surface area contributed by atoms with Gasteiger partial charge in [-0.15, -0.1) is 0 Å². The summed E-state index contributed by atoms with van der Waals surface area (Å²) >= 11 is 0. The maximum Gasteiger partial charge on any atom is 0.264 e. The average molecular weight is 518 g/mol. The van der Waals surface area contributed by atoms with Gasteiger partial charge >= 0.3 is 0 Å². The lowest BCUT2D eigenvalue weighted by Crippen LogP contribution is -2.49. The SMILES string of the molecule is C.COc1ccc(COc2ccc(-c3ccn(CC[C@](C)(C(=O)NO)S(C)(=O)=O)c(=O)c3)cc2)cn1. The lowest BCUT2D eigenvalue weighted by atomic mass is 10.1. The van der Waals surface area contributed by atoms with Crippen molar-refractivity contribution in [2.45, 2.75) is 38.7 Å². The minimum Gasteiger partial charge on any atom is -0.489 e. The van der Waals surface area contributed by atoms with Crippen molar-refractivity contribution in [2.24, 2.45) is 0 Å². The van der Waals surface area contributed by atoms with E-state index in [1.54, 1.807) is 37.6 Å². The van der Waals surface area contributed by atoms with Crippen LogP contribution in [0.1, 0.15) is 26.3 Å². The van der Waals surface area contributed by atoms with Crippen LogP contribution in [0.2, 0.25) is 0 Å². The Morgan fingerprint density at radius 3 is 2.36 bits per heavy atom. The van der Waals surface area contributed by atoms with E-state index in [0.717, 1.165) is 17.4 Å². The van der Waals surface area contributed by atoms with Crippen LogP contribution >= 0.6 is 0 Å². The van der Waals surface area contributed by atoms with E-state index < -0.39 is 20.5 Å². The van der Waals surface area contributed by atoms with E-state index in [9.17, 15) is 18.0 Å². The zero-order valence-electron chi connectivity index (χ0n) is 19.6. The molecule has 2 heterocycles. The first-order valence-electron chi connectivity index (χ1n) is 10.6. The van der Waals surface area contributed by atoms with E-state index >= 15 is 0 Å². The first-order chi connectivity index (χ1) is 16.6. The number of carbonyl (C=O) groups excluding carboxylic acids is 1. The number of sulfone groups is 1. The third kappa shape index (κ3) is 6.49. The van der Waals surface area contributed by atoms with Crippen molar-refractivity contribution in [3.05, 3.63) is 76.8 Å². The normalized spacial score (nSPS) is 12.7. The number of carbonyl (C=O) groups is 1. The highest BCUT2D eigenvalue weighted by molar-refractivity contribution is 7.92. The van der Waals surface area contributed by atoms with Gasteiger partial charge in [0.15, 0.2) is 14.6 Å². The molecule has 0 saturated heterocycles. The molecule has 36 heavy (non-hydrogen) atoms. The van der Waals surface area contributed by atoms with Crippen molar-refractivity contribution >= 4 is 15.7 Å². The topological polar surface area (TPSA) is 137 Å². The van der Waals surface area contributed by atoms with Crippen molar-refractivity contribution in [3.8, 4) is 22.8 Å². The third-order valence-electron chi connectivity index (χ3n) is 5.83. The molecule has 3 aromatic rings. The molecule has 0 radical (unpaired) electrons. The molecule has 0 aliphatic rings. The number of aryl methyl sites for hydroxylation is 1. The smallest absolute Gasteiger partial charge is 0.264 e. The maximum atomic E-state index is 12.6. The Hall–Kier alpha value is -3.70. The van der Waals surface area contributed by atoms with Crippen LogP contribution in [0.3, 0.4) is 0 Å². The van der Waals surface area contributed by atoms with Gasteiger partial charge in [-0.25, -0.2) is 18.9 Å². The molecule has 194 valence electrons. The highest BCUT2D eigenvalue weighted by Crippen LogP contribution is 2.24. The highest BCUT2D eigenvalue weighted by atomic mass is 32.2. The number of amides is 1. The molecule has 0 aliphatic heterocycles. The van der Waals surface area contributed by atoms with Crippen LogP contribution < -0.4 is 20.5 Å². The van der Waals surface area contributed by atoms with Gasteiger partial charge in [-0.2, -0.15) is 0 Å². The molecule has 0 unspecified atom stereocenters. The van der Waals surface area contributed by atoms with Crippen LogP contribution in [0.15, 0.2) is 65.7 Å². The quantitative estimate of drug-likeness (QED) is 0.309. The molecule has 11 heteroatoms. The van der Waals surface area contributed by atoms with E-state index in [4.69, 9.17) is 14.7 Å². The Labute approximate surface area is 210 Å². The fraction of sp³-hybridized carbons (Fsp3) is 0.320. The minimum atomic E-state index is -3.85. The molecule has 2 aromatic heterocycles. The van der Waals surface area contributed by atoms with Gasteiger partial charge < -0.3 is 14.0 Å². The number of nitrogens with zero attached hydrogens (tertiary/aromatic N) is 2. The summed E-state index contributed by atoms with van der Waals surface area (Å²) in [5, 5.41) is 8.93. The van der Waals surface area contributed by atoms with Crippen molar-refractivity contribution in [1.82, 2.24) is 15.0 Å². The second-order valence-electron chi connectivity index (χ2n) is 8.16. The number of ether oxygens (including phenoxy) is 2. The second-order valence-corrected chi connectivity index (χ2v) is 10.6. The molecule has 1 atom stereocenters. The summed E-state index contributed by atoms with van der Waals surface area (Å²) in [5.74, 6) is 0.135. The summed E-state index contributed by atoms with van der Waals surface area (Å²) in [5.41, 5.74) is 3.41. The fourth-order valence-electron chi connectivity index (χ4n) is 3.32. The number of nitrogens with one attached hydrogen (secondary N) is 1. The summed E-state index contributed by atoms with van der Waals surface area (Å²) in [6.45, 7) is 1.53. The predicted molar refractivity (Wildman–Crippen MR) is 136 cm³/mol. The largest absolute Gasteiger partial charge is 0.489 e. The number of methoxy groups -OCH3 is 1. The molecule has 10 nitrogen and oxygen atoms in total. The van der Waals surface area contributed by atoms with E-state index in [-0.39, 0.29) is 26.0 Å². The molecule has 2 N–H and O–H groups in total. The van der Waals surface area contributed by atoms with E-state index in [2.05, 4.69) is 4.98 Å². The summed E-state index contributed by atoms with van der Waals surface area (Å²) in [7, 11) is -2.30. The number of hydroxylamine groups is 1. The van der Waals surface area contributed by atoms with Crippen molar-refractivity contribution in [1.29, 1.82) is 0 Å². The molecule has 3 rings (SSSR count). The Morgan fingerprint density at radius 1 is 1.14 bits per heavy atom. The van der Waals surface area contributed by atoms with Gasteiger partial charge in [0.25, 0.3) is 11.5 Å². The van der Waals surface area contributed by atoms with E-state index in [0.29, 0.717) is 23.8 Å². The maximum absolute atomic E-state index is 12.6. The summed E-state index contributed by atoms with van der Waals surface area (Å²) in [6.07, 6.45) is 3.94. The van der Waals surface area contributed by atoms with Crippen LogP contribution in [0.5, 0.6) is 11.6 Å². The summed E-state index contributed by atoms with van der Waals surface area (Å²) < 4.78 is 34.5. The number of hydrogen-bond acceptors (Lipinski definition) is 8. The summed E-state index contributed by atoms with van der Waals surface area (Å²) in [6, 6.07) is 14.0. The Balaban J connectivity index is 0.00000456. The lowest BCUT2D eigenvalue weighted by molar-refractivity contribution is -0.131. The van der Waals surface area contributed by atoms with Crippen LogP contribution in [-0.4, -0.2) is 47.2 Å². The van der Waals surface area contributed by atoms with Crippen molar-refractivity contribution in [3.63, 3.8) is 0 Å². The molecule has 0 saturated carbocycles. The van der Waals surface area contributed by atoms with Crippen LogP contribution in [0, 0.1) is 0 Å². The zero-order chi connectivity index (χ0) is 25.6. The average Bonchev–Trinajstić information content (AvgIpc) is 2.86.